The summed E-state index contributed by atoms with van der Waals surface area (Å²) in [5.41, 5.74) is 0. The van der Waals surface area contributed by atoms with E-state index in [4.69, 9.17) is 11.6 Å². The summed E-state index contributed by atoms with van der Waals surface area (Å²) < 4.78 is 0. The van der Waals surface area contributed by atoms with Crippen molar-refractivity contribution in [2.24, 2.45) is 0 Å². The van der Waals surface area contributed by atoms with E-state index in [1.807, 2.05) is 0 Å². The lowest BCUT2D eigenvalue weighted by molar-refractivity contribution is 1.39. The minimum absolute atomic E-state index is 0.0568. The summed E-state index contributed by atoms with van der Waals surface area (Å²) in [6.45, 7) is 0. The van der Waals surface area contributed by atoms with E-state index in [9.17, 15) is 0 Å². The molecule has 29 heavy (non-hydrogen) atoms. The molecule has 0 aliphatic carbocycles. The molecule has 0 radical (unpaired) electrons. The van der Waals surface area contributed by atoms with Gasteiger partial charge in [0.25, 0.3) is 0 Å². The summed E-state index contributed by atoms with van der Waals surface area (Å²) in [5, 5.41) is 5.50. The van der Waals surface area contributed by atoms with Crippen LogP contribution in [-0.2, 0) is 0 Å². The van der Waals surface area contributed by atoms with Crippen molar-refractivity contribution in [2.45, 2.75) is 5.12 Å². The second-order valence-electron chi connectivity index (χ2n) is 6.76. The van der Waals surface area contributed by atoms with Crippen LogP contribution in [0, 0.1) is 0 Å². The highest BCUT2D eigenvalue weighted by Crippen LogP contribution is 2.48. The van der Waals surface area contributed by atoms with Crippen molar-refractivity contribution in [3.05, 3.63) is 121 Å². The first kappa shape index (κ1) is 20.3. The zero-order valence-corrected chi connectivity index (χ0v) is 18.6. The van der Waals surface area contributed by atoms with Gasteiger partial charge in [0, 0.05) is 0 Å². The molecule has 0 aliphatic rings. The molecule has 4 aromatic rings. The Balaban J connectivity index is 1.70. The van der Waals surface area contributed by atoms with Crippen molar-refractivity contribution in [2.75, 3.05) is 6.16 Å². The van der Waals surface area contributed by atoms with Crippen LogP contribution in [0.4, 0.5) is 0 Å². The summed E-state index contributed by atoms with van der Waals surface area (Å²) in [6.07, 6.45) is 0.959. The molecular formula is C26H23ClP2. The molecule has 1 atom stereocenters. The van der Waals surface area contributed by atoms with E-state index in [0.717, 1.165) is 6.16 Å². The Morgan fingerprint density at radius 2 is 0.793 bits per heavy atom. The van der Waals surface area contributed by atoms with Gasteiger partial charge in [0.2, 0.25) is 0 Å². The van der Waals surface area contributed by atoms with Gasteiger partial charge in [-0.3, -0.25) is 0 Å². The Hall–Kier alpha value is -1.97. The lowest BCUT2D eigenvalue weighted by Gasteiger charge is -2.28. The zero-order valence-electron chi connectivity index (χ0n) is 16.1. The highest BCUT2D eigenvalue weighted by atomic mass is 35.5. The van der Waals surface area contributed by atoms with Gasteiger partial charge in [-0.1, -0.05) is 121 Å². The van der Waals surface area contributed by atoms with Gasteiger partial charge in [-0.2, -0.15) is 0 Å². The van der Waals surface area contributed by atoms with E-state index >= 15 is 0 Å². The number of benzene rings is 4. The fraction of sp³-hybridized carbons (Fsp3) is 0.0769. The van der Waals surface area contributed by atoms with Gasteiger partial charge in [0.1, 0.15) is 0 Å². The standard InChI is InChI=1S/C26H23ClP2/c27-26(29(24-17-9-3-10-18-24)25-19-11-4-12-20-25)21-28(22-13-5-1-6-14-22)23-15-7-2-8-16-23/h1-20,26H,21H2. The Morgan fingerprint density at radius 1 is 0.483 bits per heavy atom. The lowest BCUT2D eigenvalue weighted by atomic mass is 10.4. The first-order chi connectivity index (χ1) is 14.3. The highest BCUT2D eigenvalue weighted by Gasteiger charge is 2.27. The van der Waals surface area contributed by atoms with Crippen molar-refractivity contribution in [1.82, 2.24) is 0 Å². The van der Waals surface area contributed by atoms with Crippen LogP contribution in [0.2, 0.25) is 0 Å². The molecule has 0 aliphatic heterocycles. The molecule has 4 aromatic carbocycles. The molecule has 0 aromatic heterocycles. The topological polar surface area (TPSA) is 0 Å². The lowest BCUT2D eigenvalue weighted by Crippen LogP contribution is -2.24. The Morgan fingerprint density at radius 3 is 1.14 bits per heavy atom. The van der Waals surface area contributed by atoms with Crippen molar-refractivity contribution in [1.29, 1.82) is 0 Å². The monoisotopic (exact) mass is 432 g/mol. The van der Waals surface area contributed by atoms with Gasteiger partial charge in [-0.15, -0.1) is 11.6 Å². The molecular weight excluding hydrogens is 410 g/mol. The first-order valence-electron chi connectivity index (χ1n) is 9.74. The summed E-state index contributed by atoms with van der Waals surface area (Å²) >= 11 is 7.26. The molecule has 3 heteroatoms. The average Bonchev–Trinajstić information content (AvgIpc) is 2.80. The quantitative estimate of drug-likeness (QED) is 0.255. The van der Waals surface area contributed by atoms with E-state index in [1.54, 1.807) is 0 Å². The van der Waals surface area contributed by atoms with Crippen molar-refractivity contribution in [3.8, 4) is 0 Å². The van der Waals surface area contributed by atoms with Gasteiger partial charge in [-0.25, -0.2) is 0 Å². The van der Waals surface area contributed by atoms with Crippen LogP contribution in [0.5, 0.6) is 0 Å². The van der Waals surface area contributed by atoms with Crippen LogP contribution in [0.15, 0.2) is 121 Å². The predicted octanol–water partition coefficient (Wildman–Crippen LogP) is 5.82. The van der Waals surface area contributed by atoms with Gasteiger partial charge in [0.05, 0.1) is 5.12 Å². The predicted molar refractivity (Wildman–Crippen MR) is 133 cm³/mol. The van der Waals surface area contributed by atoms with Crippen LogP contribution in [-0.4, -0.2) is 11.3 Å². The fourth-order valence-corrected chi connectivity index (χ4v) is 9.71. The van der Waals surface area contributed by atoms with Crippen LogP contribution < -0.4 is 21.2 Å². The van der Waals surface area contributed by atoms with E-state index in [0.29, 0.717) is 0 Å². The number of hydrogen-bond donors (Lipinski definition) is 0. The van der Waals surface area contributed by atoms with Gasteiger partial charge < -0.3 is 0 Å². The zero-order chi connectivity index (χ0) is 19.9. The van der Waals surface area contributed by atoms with Gasteiger partial charge in [0.15, 0.2) is 0 Å². The molecule has 0 nitrogen and oxygen atoms in total. The second kappa shape index (κ2) is 10.2. The van der Waals surface area contributed by atoms with Crippen molar-refractivity contribution < 1.29 is 0 Å². The van der Waals surface area contributed by atoms with Crippen LogP contribution in [0.25, 0.3) is 0 Å². The second-order valence-corrected chi connectivity index (χ2v) is 12.2. The third-order valence-electron chi connectivity index (χ3n) is 4.82. The molecule has 0 spiro atoms. The summed E-state index contributed by atoms with van der Waals surface area (Å²) in [5.74, 6) is 0. The average molecular weight is 433 g/mol. The number of hydrogen-bond acceptors (Lipinski definition) is 0. The van der Waals surface area contributed by atoms with E-state index in [-0.39, 0.29) is 5.12 Å². The van der Waals surface area contributed by atoms with Crippen molar-refractivity contribution in [3.63, 3.8) is 0 Å². The maximum Gasteiger partial charge on any atom is 0.0661 e. The maximum absolute atomic E-state index is 7.26. The number of halogens is 1. The fourth-order valence-electron chi connectivity index (χ4n) is 3.46. The minimum Gasteiger partial charge on any atom is -0.117 e. The molecule has 0 saturated carbocycles. The van der Waals surface area contributed by atoms with Gasteiger partial charge in [-0.05, 0) is 43.2 Å². The minimum atomic E-state index is -0.644. The van der Waals surface area contributed by atoms with Crippen molar-refractivity contribution >= 4 is 48.7 Å². The molecule has 0 heterocycles. The molecule has 0 bridgehead atoms. The maximum atomic E-state index is 7.26. The first-order valence-corrected chi connectivity index (χ1v) is 13.1. The molecule has 144 valence electrons. The summed E-state index contributed by atoms with van der Waals surface area (Å²) in [7, 11) is -1.16. The summed E-state index contributed by atoms with van der Waals surface area (Å²) in [4.78, 5) is 0. The van der Waals surface area contributed by atoms with E-state index in [2.05, 4.69) is 121 Å². The van der Waals surface area contributed by atoms with Crippen LogP contribution >= 0.6 is 27.4 Å². The SMILES string of the molecule is ClC(CP(c1ccccc1)c1ccccc1)P(c1ccccc1)c1ccccc1. The van der Waals surface area contributed by atoms with E-state index in [1.165, 1.54) is 21.2 Å². The highest BCUT2D eigenvalue weighted by molar-refractivity contribution is 7.78. The van der Waals surface area contributed by atoms with E-state index < -0.39 is 15.8 Å². The molecule has 0 saturated heterocycles. The Kier molecular flexibility index (Phi) is 7.13. The van der Waals surface area contributed by atoms with Gasteiger partial charge >= 0.3 is 0 Å². The smallest absolute Gasteiger partial charge is 0.0661 e. The Bertz CT molecular complexity index is 913. The van der Waals surface area contributed by atoms with Crippen LogP contribution in [0.3, 0.4) is 0 Å². The van der Waals surface area contributed by atoms with Crippen LogP contribution in [0.1, 0.15) is 0 Å². The third-order valence-corrected chi connectivity index (χ3v) is 11.1. The third kappa shape index (κ3) is 5.15. The molecule has 0 amide bonds. The Labute approximate surface area is 181 Å². The molecule has 4 rings (SSSR count). The molecule has 0 fully saturated rings. The number of alkyl halides is 1. The number of rotatable bonds is 7. The molecule has 1 unspecified atom stereocenters. The normalized spacial score (nSPS) is 12.2. The summed E-state index contributed by atoms with van der Waals surface area (Å²) in [6, 6.07) is 43.2. The largest absolute Gasteiger partial charge is 0.117 e. The molecule has 0 N–H and O–H groups in total.